The normalized spacial score (nSPS) is 51.4. The number of fused-ring (bicyclic) bond motifs is 5. The molecule has 0 N–H and O–H groups in total. The Hall–Kier alpha value is 1.92. The summed E-state index contributed by atoms with van der Waals surface area (Å²) in [6, 6.07) is 0. The van der Waals surface area contributed by atoms with Crippen molar-refractivity contribution in [2.75, 3.05) is 0 Å². The lowest BCUT2D eigenvalue weighted by Gasteiger charge is -2.61. The first-order valence-corrected chi connectivity index (χ1v) is 13.7. The van der Waals surface area contributed by atoms with Crippen LogP contribution < -0.4 is 0 Å². The highest BCUT2D eigenvalue weighted by Gasteiger charge is 2.61. The standard InChI is InChI=1S/C21H32Br4/c1-19-11-4-3-5-13(19)6-7-14-15-8-9-17(18(22)21(23,24)25)20(15,2)12-10-16(14)19/h13-18H,3-12H2,1-2H3/t13?,14-,15-,16-,17+,18?,19-,20-/m0/s1. The molecule has 4 fully saturated rings. The predicted octanol–water partition coefficient (Wildman–Crippen LogP) is 8.64. The van der Waals surface area contributed by atoms with Crippen LogP contribution in [0.15, 0.2) is 0 Å². The number of rotatable bonds is 1. The number of halogens is 4. The largest absolute Gasteiger partial charge is 0.147 e. The summed E-state index contributed by atoms with van der Waals surface area (Å²) in [5.41, 5.74) is 1.17. The highest BCUT2D eigenvalue weighted by atomic mass is 80.0. The van der Waals surface area contributed by atoms with Crippen molar-refractivity contribution in [1.29, 1.82) is 0 Å². The monoisotopic (exact) mass is 600 g/mol. The van der Waals surface area contributed by atoms with Crippen molar-refractivity contribution in [2.24, 2.45) is 40.4 Å². The Morgan fingerprint density at radius 3 is 2.24 bits per heavy atom. The van der Waals surface area contributed by atoms with E-state index in [9.17, 15) is 0 Å². The van der Waals surface area contributed by atoms with E-state index >= 15 is 0 Å². The SMILES string of the molecule is C[C@]12CC[C@H]3[C@@H](CCC4CCCC[C@@]43C)[C@@H]1CC[C@@H]2C(Br)C(Br)(Br)Br. The first-order chi connectivity index (χ1) is 11.7. The maximum Gasteiger partial charge on any atom is 0.147 e. The fourth-order valence-corrected chi connectivity index (χ4v) is 9.87. The van der Waals surface area contributed by atoms with Gasteiger partial charge in [-0.15, -0.1) is 0 Å². The highest BCUT2D eigenvalue weighted by Crippen LogP contribution is 2.69. The zero-order valence-corrected chi connectivity index (χ0v) is 21.9. The van der Waals surface area contributed by atoms with E-state index < -0.39 is 0 Å². The van der Waals surface area contributed by atoms with Crippen LogP contribution in [-0.2, 0) is 0 Å². The molecule has 4 aliphatic carbocycles. The van der Waals surface area contributed by atoms with E-state index in [1.807, 2.05) is 0 Å². The van der Waals surface area contributed by atoms with Crippen molar-refractivity contribution in [1.82, 2.24) is 0 Å². The van der Waals surface area contributed by atoms with E-state index in [4.69, 9.17) is 0 Å². The lowest BCUT2D eigenvalue weighted by molar-refractivity contribution is -0.110. The van der Waals surface area contributed by atoms with E-state index in [0.29, 0.717) is 15.7 Å². The van der Waals surface area contributed by atoms with Crippen molar-refractivity contribution < 1.29 is 0 Å². The maximum atomic E-state index is 4.04. The molecule has 4 aliphatic rings. The molecule has 0 aromatic carbocycles. The molecule has 144 valence electrons. The van der Waals surface area contributed by atoms with E-state index in [0.717, 1.165) is 29.6 Å². The maximum absolute atomic E-state index is 4.04. The second-order valence-electron chi connectivity index (χ2n) is 10.1. The van der Waals surface area contributed by atoms with Gasteiger partial charge in [-0.1, -0.05) is 90.4 Å². The molecule has 0 aromatic heterocycles. The summed E-state index contributed by atoms with van der Waals surface area (Å²) < 4.78 is -0.181. The fraction of sp³-hybridized carbons (Fsp3) is 1.00. The molecule has 0 bridgehead atoms. The average molecular weight is 604 g/mol. The van der Waals surface area contributed by atoms with Crippen LogP contribution in [0.1, 0.15) is 78.1 Å². The summed E-state index contributed by atoms with van der Waals surface area (Å²) in [4.78, 5) is 0.424. The summed E-state index contributed by atoms with van der Waals surface area (Å²) in [5.74, 6) is 4.74. The zero-order chi connectivity index (χ0) is 18.0. The topological polar surface area (TPSA) is 0 Å². The number of hydrogen-bond donors (Lipinski definition) is 0. The predicted molar refractivity (Wildman–Crippen MR) is 122 cm³/mol. The Morgan fingerprint density at radius 1 is 0.800 bits per heavy atom. The second kappa shape index (κ2) is 7.01. The Kier molecular flexibility index (Phi) is 5.66. The smallest absolute Gasteiger partial charge is 0.0853 e. The minimum Gasteiger partial charge on any atom is -0.0853 e. The van der Waals surface area contributed by atoms with Gasteiger partial charge >= 0.3 is 0 Å². The summed E-state index contributed by atoms with van der Waals surface area (Å²) in [7, 11) is 0. The number of alkyl halides is 4. The lowest BCUT2D eigenvalue weighted by atomic mass is 9.45. The van der Waals surface area contributed by atoms with Gasteiger partial charge in [0, 0.05) is 0 Å². The van der Waals surface area contributed by atoms with E-state index in [-0.39, 0.29) is 2.14 Å². The third-order valence-corrected chi connectivity index (χ3v) is 14.0. The summed E-state index contributed by atoms with van der Waals surface area (Å²) >= 11 is 15.4. The molecule has 0 spiro atoms. The van der Waals surface area contributed by atoms with Crippen LogP contribution in [0.25, 0.3) is 0 Å². The molecule has 4 saturated carbocycles. The Morgan fingerprint density at radius 2 is 1.52 bits per heavy atom. The molecule has 0 nitrogen and oxygen atoms in total. The molecule has 25 heavy (non-hydrogen) atoms. The molecular formula is C21H32Br4. The van der Waals surface area contributed by atoms with Crippen LogP contribution in [0.5, 0.6) is 0 Å². The van der Waals surface area contributed by atoms with Gasteiger partial charge in [0.05, 0.1) is 4.83 Å². The first kappa shape index (κ1) is 20.2. The van der Waals surface area contributed by atoms with Gasteiger partial charge in [0.25, 0.3) is 0 Å². The first-order valence-electron chi connectivity index (χ1n) is 10.4. The molecule has 4 rings (SSSR count). The van der Waals surface area contributed by atoms with Crippen molar-refractivity contribution in [3.8, 4) is 0 Å². The van der Waals surface area contributed by atoms with Crippen molar-refractivity contribution in [3.63, 3.8) is 0 Å². The Labute approximate surface area is 187 Å². The highest BCUT2D eigenvalue weighted by molar-refractivity contribution is 9.40. The minimum atomic E-state index is -0.181. The molecule has 2 unspecified atom stereocenters. The van der Waals surface area contributed by atoms with Crippen LogP contribution in [0.3, 0.4) is 0 Å². The van der Waals surface area contributed by atoms with Gasteiger partial charge in [0.15, 0.2) is 0 Å². The second-order valence-corrected chi connectivity index (χ2v) is 18.0. The third-order valence-electron chi connectivity index (χ3n) is 9.32. The van der Waals surface area contributed by atoms with Gasteiger partial charge in [0.1, 0.15) is 2.14 Å². The molecule has 0 heterocycles. The lowest BCUT2D eigenvalue weighted by Crippen LogP contribution is -2.53. The van der Waals surface area contributed by atoms with E-state index in [1.54, 1.807) is 0 Å². The van der Waals surface area contributed by atoms with E-state index in [1.165, 1.54) is 64.2 Å². The number of hydrogen-bond acceptors (Lipinski definition) is 0. The van der Waals surface area contributed by atoms with Gasteiger partial charge in [-0.2, -0.15) is 0 Å². The van der Waals surface area contributed by atoms with Crippen molar-refractivity contribution in [3.05, 3.63) is 0 Å². The van der Waals surface area contributed by atoms with Crippen molar-refractivity contribution in [2.45, 2.75) is 85.0 Å². The average Bonchev–Trinajstić information content (AvgIpc) is 2.89. The van der Waals surface area contributed by atoms with Gasteiger partial charge < -0.3 is 0 Å². The molecule has 4 heteroatoms. The van der Waals surface area contributed by atoms with Crippen molar-refractivity contribution >= 4 is 63.7 Å². The van der Waals surface area contributed by atoms with Crippen LogP contribution in [0, 0.1) is 40.4 Å². The summed E-state index contributed by atoms with van der Waals surface area (Å²) in [5, 5.41) is 0. The molecule has 0 saturated heterocycles. The molecule has 8 atom stereocenters. The van der Waals surface area contributed by atoms with E-state index in [2.05, 4.69) is 77.6 Å². The van der Waals surface area contributed by atoms with Crippen LogP contribution >= 0.6 is 63.7 Å². The van der Waals surface area contributed by atoms with Crippen LogP contribution in [0.4, 0.5) is 0 Å². The third kappa shape index (κ3) is 3.21. The fourth-order valence-electron chi connectivity index (χ4n) is 8.04. The molecule has 0 radical (unpaired) electrons. The Balaban J connectivity index is 1.59. The van der Waals surface area contributed by atoms with Gasteiger partial charge in [-0.3, -0.25) is 0 Å². The van der Waals surface area contributed by atoms with Gasteiger partial charge in [-0.05, 0) is 91.8 Å². The summed E-state index contributed by atoms with van der Waals surface area (Å²) in [6.07, 6.45) is 14.8. The molecule has 0 aliphatic heterocycles. The molecular weight excluding hydrogens is 572 g/mol. The minimum absolute atomic E-state index is 0.181. The molecule has 0 aromatic rings. The van der Waals surface area contributed by atoms with Gasteiger partial charge in [-0.25, -0.2) is 0 Å². The quantitative estimate of drug-likeness (QED) is 0.263. The summed E-state index contributed by atoms with van der Waals surface area (Å²) in [6.45, 7) is 5.32. The van der Waals surface area contributed by atoms with Crippen LogP contribution in [-0.4, -0.2) is 6.97 Å². The zero-order valence-electron chi connectivity index (χ0n) is 15.5. The Bertz CT molecular complexity index is 515. The van der Waals surface area contributed by atoms with Gasteiger partial charge in [0.2, 0.25) is 0 Å². The van der Waals surface area contributed by atoms with Crippen LogP contribution in [0.2, 0.25) is 0 Å². The molecule has 0 amide bonds.